The fourth-order valence-electron chi connectivity index (χ4n) is 4.74. The molecule has 7 heteroatoms. The average molecular weight is 413 g/mol. The minimum Gasteiger partial charge on any atom is -0.383 e. The number of aryl methyl sites for hydroxylation is 1. The molecule has 0 saturated carbocycles. The van der Waals surface area contributed by atoms with Gasteiger partial charge in [-0.05, 0) is 47.8 Å². The number of pyridine rings is 1. The molecule has 0 bridgehead atoms. The Morgan fingerprint density at radius 1 is 1.30 bits per heavy atom. The second-order valence-corrected chi connectivity index (χ2v) is 10.0. The van der Waals surface area contributed by atoms with Gasteiger partial charge in [0, 0.05) is 26.7 Å². The molecule has 0 aromatic carbocycles. The number of carbonyl (C=O) groups excluding carboxylic acids is 1. The topological polar surface area (TPSA) is 80.4 Å². The quantitative estimate of drug-likeness (QED) is 0.836. The first kappa shape index (κ1) is 20.8. The van der Waals surface area contributed by atoms with Gasteiger partial charge in [-0.1, -0.05) is 33.8 Å². The summed E-state index contributed by atoms with van der Waals surface area (Å²) in [6, 6.07) is 4.02. The van der Waals surface area contributed by atoms with Crippen LogP contribution in [-0.4, -0.2) is 49.2 Å². The van der Waals surface area contributed by atoms with Crippen LogP contribution in [0.25, 0.3) is 16.7 Å². The second-order valence-electron chi connectivity index (χ2n) is 10.0. The highest BCUT2D eigenvalue weighted by Gasteiger charge is 2.39. The van der Waals surface area contributed by atoms with E-state index in [2.05, 4.69) is 26.8 Å². The normalized spacial score (nSPS) is 22.5. The molecule has 162 valence electrons. The van der Waals surface area contributed by atoms with Crippen LogP contribution < -0.4 is 5.69 Å². The largest absolute Gasteiger partial charge is 0.383 e. The SMILES string of the molecule is CC[C@H](O)C(=O)N1CC2C=C(c3ccc4c(n3)n(C)c(=O)n4CC(C)(C)C)CC2C1. The Bertz CT molecular complexity index is 1070. The van der Waals surface area contributed by atoms with E-state index < -0.39 is 6.10 Å². The standard InChI is InChI=1S/C23H32N4O3/c1-6-19(28)21(29)26-11-15-9-14(10-16(15)12-26)17-7-8-18-20(24-17)25(5)22(30)27(18)13-23(2,3)4/h7-9,15-16,19,28H,6,10-13H2,1-5H3/t15?,16?,19-/m0/s1. The van der Waals surface area contributed by atoms with Crippen molar-refractivity contribution in [2.75, 3.05) is 13.1 Å². The summed E-state index contributed by atoms with van der Waals surface area (Å²) in [5.74, 6) is 0.524. The van der Waals surface area contributed by atoms with E-state index in [1.54, 1.807) is 16.5 Å². The van der Waals surface area contributed by atoms with Crippen molar-refractivity contribution in [3.05, 3.63) is 34.4 Å². The molecule has 2 aromatic heterocycles. The predicted molar refractivity (Wildman–Crippen MR) is 117 cm³/mol. The van der Waals surface area contributed by atoms with E-state index in [-0.39, 0.29) is 17.0 Å². The maximum atomic E-state index is 12.8. The van der Waals surface area contributed by atoms with Crippen molar-refractivity contribution in [2.45, 2.75) is 53.2 Å². The first-order valence-electron chi connectivity index (χ1n) is 10.8. The lowest BCUT2D eigenvalue weighted by atomic mass is 9.97. The summed E-state index contributed by atoms with van der Waals surface area (Å²) in [4.78, 5) is 31.7. The summed E-state index contributed by atoms with van der Waals surface area (Å²) < 4.78 is 3.44. The number of aliphatic hydroxyl groups is 1. The first-order valence-corrected chi connectivity index (χ1v) is 10.8. The molecule has 2 unspecified atom stereocenters. The lowest BCUT2D eigenvalue weighted by Gasteiger charge is -2.20. The van der Waals surface area contributed by atoms with Crippen LogP contribution >= 0.6 is 0 Å². The number of aliphatic hydroxyl groups excluding tert-OH is 1. The second kappa shape index (κ2) is 7.38. The Balaban J connectivity index is 1.59. The van der Waals surface area contributed by atoms with Gasteiger partial charge in [-0.3, -0.25) is 13.9 Å². The van der Waals surface area contributed by atoms with E-state index in [0.717, 1.165) is 17.6 Å². The third kappa shape index (κ3) is 3.60. The summed E-state index contributed by atoms with van der Waals surface area (Å²) in [6.45, 7) is 10.2. The molecule has 0 spiro atoms. The highest BCUT2D eigenvalue weighted by atomic mass is 16.3. The molecule has 2 aromatic rings. The summed E-state index contributed by atoms with van der Waals surface area (Å²) >= 11 is 0. The van der Waals surface area contributed by atoms with Crippen LogP contribution in [0.15, 0.2) is 23.0 Å². The predicted octanol–water partition coefficient (Wildman–Crippen LogP) is 2.41. The number of nitrogens with zero attached hydrogens (tertiary/aromatic N) is 4. The summed E-state index contributed by atoms with van der Waals surface area (Å²) in [5, 5.41) is 9.86. The highest BCUT2D eigenvalue weighted by Crippen LogP contribution is 2.41. The zero-order valence-electron chi connectivity index (χ0n) is 18.6. The van der Waals surface area contributed by atoms with Crippen LogP contribution in [0.4, 0.5) is 0 Å². The number of aromatic nitrogens is 3. The van der Waals surface area contributed by atoms with Crippen LogP contribution in [0.1, 0.15) is 46.2 Å². The molecule has 1 aliphatic carbocycles. The number of hydrogen-bond acceptors (Lipinski definition) is 4. The van der Waals surface area contributed by atoms with Gasteiger partial charge < -0.3 is 10.0 Å². The zero-order valence-corrected chi connectivity index (χ0v) is 18.6. The van der Waals surface area contributed by atoms with Gasteiger partial charge in [0.15, 0.2) is 5.65 Å². The zero-order chi connectivity index (χ0) is 21.8. The van der Waals surface area contributed by atoms with Gasteiger partial charge in [-0.15, -0.1) is 0 Å². The van der Waals surface area contributed by atoms with Gasteiger partial charge in [0.1, 0.15) is 6.10 Å². The van der Waals surface area contributed by atoms with Crippen LogP contribution in [-0.2, 0) is 18.4 Å². The van der Waals surface area contributed by atoms with Crippen LogP contribution in [0.2, 0.25) is 0 Å². The Labute approximate surface area is 177 Å². The van der Waals surface area contributed by atoms with Crippen molar-refractivity contribution in [3.63, 3.8) is 0 Å². The number of carbonyl (C=O) groups is 1. The van der Waals surface area contributed by atoms with Crippen molar-refractivity contribution in [2.24, 2.45) is 24.3 Å². The smallest absolute Gasteiger partial charge is 0.330 e. The lowest BCUT2D eigenvalue weighted by molar-refractivity contribution is -0.139. The van der Waals surface area contributed by atoms with Gasteiger partial charge >= 0.3 is 5.69 Å². The molecule has 1 saturated heterocycles. The molecular formula is C23H32N4O3. The molecule has 4 rings (SSSR count). The Hall–Kier alpha value is -2.41. The summed E-state index contributed by atoms with van der Waals surface area (Å²) in [7, 11) is 1.78. The Morgan fingerprint density at radius 2 is 2.03 bits per heavy atom. The molecule has 2 aliphatic rings. The Morgan fingerprint density at radius 3 is 2.67 bits per heavy atom. The third-order valence-corrected chi connectivity index (χ3v) is 6.31. The van der Waals surface area contributed by atoms with E-state index in [1.807, 2.05) is 23.6 Å². The number of amides is 1. The molecule has 3 atom stereocenters. The van der Waals surface area contributed by atoms with Gasteiger partial charge in [0.2, 0.25) is 0 Å². The number of fused-ring (bicyclic) bond motifs is 2. The van der Waals surface area contributed by atoms with Crippen LogP contribution in [0, 0.1) is 17.3 Å². The van der Waals surface area contributed by atoms with Crippen molar-refractivity contribution >= 4 is 22.6 Å². The van der Waals surface area contributed by atoms with Crippen molar-refractivity contribution in [1.29, 1.82) is 0 Å². The summed E-state index contributed by atoms with van der Waals surface area (Å²) in [6.07, 6.45) is 2.65. The monoisotopic (exact) mass is 412 g/mol. The van der Waals surface area contributed by atoms with E-state index >= 15 is 0 Å². The number of allylic oxidation sites excluding steroid dienone is 1. The molecular weight excluding hydrogens is 380 g/mol. The van der Waals surface area contributed by atoms with Gasteiger partial charge in [-0.2, -0.15) is 0 Å². The highest BCUT2D eigenvalue weighted by molar-refractivity contribution is 5.81. The molecule has 1 aliphatic heterocycles. The van der Waals surface area contributed by atoms with E-state index in [9.17, 15) is 14.7 Å². The fraction of sp³-hybridized carbons (Fsp3) is 0.609. The first-order chi connectivity index (χ1) is 14.1. The van der Waals surface area contributed by atoms with Gasteiger partial charge in [-0.25, -0.2) is 9.78 Å². The molecule has 7 nitrogen and oxygen atoms in total. The molecule has 0 radical (unpaired) electrons. The number of rotatable bonds is 4. The van der Waals surface area contributed by atoms with Crippen LogP contribution in [0.5, 0.6) is 0 Å². The molecule has 30 heavy (non-hydrogen) atoms. The minimum absolute atomic E-state index is 0.00311. The molecule has 1 N–H and O–H groups in total. The summed E-state index contributed by atoms with van der Waals surface area (Å²) in [5.41, 5.74) is 3.63. The van der Waals surface area contributed by atoms with Gasteiger partial charge in [0.05, 0.1) is 11.2 Å². The number of likely N-dealkylation sites (tertiary alicyclic amines) is 1. The van der Waals surface area contributed by atoms with E-state index in [0.29, 0.717) is 43.5 Å². The third-order valence-electron chi connectivity index (χ3n) is 6.31. The van der Waals surface area contributed by atoms with Crippen molar-refractivity contribution < 1.29 is 9.90 Å². The maximum absolute atomic E-state index is 12.8. The minimum atomic E-state index is -0.894. The van der Waals surface area contributed by atoms with Crippen molar-refractivity contribution in [3.8, 4) is 0 Å². The lowest BCUT2D eigenvalue weighted by Crippen LogP contribution is -2.37. The number of imidazole rings is 1. The van der Waals surface area contributed by atoms with Crippen molar-refractivity contribution in [1.82, 2.24) is 19.0 Å². The molecule has 1 fully saturated rings. The number of hydrogen-bond donors (Lipinski definition) is 1. The van der Waals surface area contributed by atoms with E-state index in [4.69, 9.17) is 4.98 Å². The van der Waals surface area contributed by atoms with Crippen LogP contribution in [0.3, 0.4) is 0 Å². The fourth-order valence-corrected chi connectivity index (χ4v) is 4.74. The molecule has 1 amide bonds. The molecule has 3 heterocycles. The van der Waals surface area contributed by atoms with Gasteiger partial charge in [0.25, 0.3) is 5.91 Å². The maximum Gasteiger partial charge on any atom is 0.330 e. The average Bonchev–Trinajstić information content (AvgIpc) is 3.33. The Kier molecular flexibility index (Phi) is 5.12. The van der Waals surface area contributed by atoms with E-state index in [1.165, 1.54) is 5.57 Å².